The van der Waals surface area contributed by atoms with Gasteiger partial charge in [0.15, 0.2) is 10.8 Å². The fourth-order valence-electron chi connectivity index (χ4n) is 3.25. The Morgan fingerprint density at radius 2 is 2.00 bits per heavy atom. The van der Waals surface area contributed by atoms with Crippen LogP contribution in [0.4, 0.5) is 11.4 Å². The summed E-state index contributed by atoms with van der Waals surface area (Å²) in [6.07, 6.45) is 5.58. The van der Waals surface area contributed by atoms with E-state index >= 15 is 0 Å². The van der Waals surface area contributed by atoms with Crippen molar-refractivity contribution >= 4 is 28.6 Å². The maximum absolute atomic E-state index is 12.5. The van der Waals surface area contributed by atoms with Gasteiger partial charge in [-0.05, 0) is 43.5 Å². The molecule has 0 spiro atoms. The van der Waals surface area contributed by atoms with Gasteiger partial charge in [-0.15, -0.1) is 11.3 Å². The largest absolute Gasteiger partial charge is 0.462 e. The molecule has 0 unspecified atom stereocenters. The molecule has 134 valence electrons. The molecule has 3 heterocycles. The van der Waals surface area contributed by atoms with Gasteiger partial charge in [0.1, 0.15) is 0 Å². The van der Waals surface area contributed by atoms with Crippen LogP contribution in [-0.4, -0.2) is 24.0 Å². The average Bonchev–Trinajstić information content (AvgIpc) is 3.34. The quantitative estimate of drug-likeness (QED) is 0.717. The van der Waals surface area contributed by atoms with E-state index in [1.54, 1.807) is 6.26 Å². The second-order valence-electron chi connectivity index (χ2n) is 6.41. The summed E-state index contributed by atoms with van der Waals surface area (Å²) in [5.41, 5.74) is 2.74. The Kier molecular flexibility index (Phi) is 5.02. The SMILES string of the molecule is O=C(Cc1csc(-c2ccco2)n1)Nc1ccccc1N1CCCCC1. The minimum absolute atomic E-state index is 0.0502. The van der Waals surface area contributed by atoms with Crippen molar-refractivity contribution in [3.05, 3.63) is 53.7 Å². The number of rotatable bonds is 5. The van der Waals surface area contributed by atoms with E-state index in [0.29, 0.717) is 0 Å². The molecule has 0 bridgehead atoms. The van der Waals surface area contributed by atoms with Gasteiger partial charge >= 0.3 is 0 Å². The number of benzene rings is 1. The number of furan rings is 1. The summed E-state index contributed by atoms with van der Waals surface area (Å²) < 4.78 is 5.36. The minimum Gasteiger partial charge on any atom is -0.462 e. The molecule has 1 aromatic carbocycles. The van der Waals surface area contributed by atoms with E-state index in [0.717, 1.165) is 40.9 Å². The second-order valence-corrected chi connectivity index (χ2v) is 7.27. The number of anilines is 2. The molecule has 1 aliphatic rings. The van der Waals surface area contributed by atoms with Crippen LogP contribution < -0.4 is 10.2 Å². The van der Waals surface area contributed by atoms with E-state index in [9.17, 15) is 4.79 Å². The fraction of sp³-hybridized carbons (Fsp3) is 0.300. The van der Waals surface area contributed by atoms with Crippen LogP contribution in [0, 0.1) is 0 Å². The molecule has 4 rings (SSSR count). The monoisotopic (exact) mass is 367 g/mol. The highest BCUT2D eigenvalue weighted by Crippen LogP contribution is 2.29. The van der Waals surface area contributed by atoms with Crippen molar-refractivity contribution in [1.29, 1.82) is 0 Å². The number of carbonyl (C=O) groups is 1. The third-order valence-electron chi connectivity index (χ3n) is 4.50. The van der Waals surface area contributed by atoms with E-state index in [2.05, 4.69) is 21.3 Å². The number of piperidine rings is 1. The molecule has 5 nitrogen and oxygen atoms in total. The minimum atomic E-state index is -0.0502. The standard InChI is InChI=1S/C20H21N3O2S/c24-19(13-15-14-26-20(21-15)18-9-6-12-25-18)22-16-7-2-3-8-17(16)23-10-4-1-5-11-23/h2-3,6-9,12,14H,1,4-5,10-11,13H2,(H,22,24). The normalized spacial score (nSPS) is 14.4. The first-order valence-electron chi connectivity index (χ1n) is 8.92. The van der Waals surface area contributed by atoms with Gasteiger partial charge < -0.3 is 14.6 Å². The van der Waals surface area contributed by atoms with Gasteiger partial charge in [-0.1, -0.05) is 12.1 Å². The van der Waals surface area contributed by atoms with Crippen LogP contribution >= 0.6 is 11.3 Å². The van der Waals surface area contributed by atoms with Gasteiger partial charge in [0.05, 0.1) is 29.8 Å². The first-order valence-corrected chi connectivity index (χ1v) is 9.80. The number of para-hydroxylation sites is 2. The summed E-state index contributed by atoms with van der Waals surface area (Å²) in [6.45, 7) is 2.09. The van der Waals surface area contributed by atoms with Gasteiger partial charge in [0, 0.05) is 18.5 Å². The van der Waals surface area contributed by atoms with Crippen molar-refractivity contribution in [2.24, 2.45) is 0 Å². The highest BCUT2D eigenvalue weighted by Gasteiger charge is 2.16. The molecule has 2 aromatic heterocycles. The Bertz CT molecular complexity index is 867. The number of aromatic nitrogens is 1. The molecule has 0 saturated carbocycles. The Morgan fingerprint density at radius 1 is 1.15 bits per heavy atom. The van der Waals surface area contributed by atoms with Crippen molar-refractivity contribution in [2.75, 3.05) is 23.3 Å². The van der Waals surface area contributed by atoms with E-state index in [1.165, 1.54) is 30.6 Å². The van der Waals surface area contributed by atoms with Gasteiger partial charge in [-0.25, -0.2) is 4.98 Å². The van der Waals surface area contributed by atoms with Crippen molar-refractivity contribution in [3.63, 3.8) is 0 Å². The summed E-state index contributed by atoms with van der Waals surface area (Å²) in [5.74, 6) is 0.683. The molecule has 1 saturated heterocycles. The van der Waals surface area contributed by atoms with E-state index in [4.69, 9.17) is 4.42 Å². The average molecular weight is 367 g/mol. The van der Waals surface area contributed by atoms with Crippen LogP contribution in [-0.2, 0) is 11.2 Å². The van der Waals surface area contributed by atoms with Crippen molar-refractivity contribution in [1.82, 2.24) is 4.98 Å². The smallest absolute Gasteiger partial charge is 0.230 e. The van der Waals surface area contributed by atoms with Crippen LogP contribution in [0.25, 0.3) is 10.8 Å². The topological polar surface area (TPSA) is 58.4 Å². The Morgan fingerprint density at radius 3 is 2.81 bits per heavy atom. The molecule has 26 heavy (non-hydrogen) atoms. The molecule has 3 aromatic rings. The maximum atomic E-state index is 12.5. The van der Waals surface area contributed by atoms with Crippen LogP contribution in [0.1, 0.15) is 25.0 Å². The highest BCUT2D eigenvalue weighted by atomic mass is 32.1. The van der Waals surface area contributed by atoms with Gasteiger partial charge in [-0.3, -0.25) is 4.79 Å². The highest BCUT2D eigenvalue weighted by molar-refractivity contribution is 7.13. The Hall–Kier alpha value is -2.60. The van der Waals surface area contributed by atoms with Crippen molar-refractivity contribution in [2.45, 2.75) is 25.7 Å². The van der Waals surface area contributed by atoms with Crippen LogP contribution in [0.5, 0.6) is 0 Å². The van der Waals surface area contributed by atoms with Gasteiger partial charge in [0.25, 0.3) is 0 Å². The Labute approximate surface area is 156 Å². The van der Waals surface area contributed by atoms with Gasteiger partial charge in [-0.2, -0.15) is 0 Å². The van der Waals surface area contributed by atoms with Crippen molar-refractivity contribution in [3.8, 4) is 10.8 Å². The second kappa shape index (κ2) is 7.74. The summed E-state index contributed by atoms with van der Waals surface area (Å²) in [6, 6.07) is 11.7. The lowest BCUT2D eigenvalue weighted by atomic mass is 10.1. The molecular formula is C20H21N3O2S. The maximum Gasteiger partial charge on any atom is 0.230 e. The number of amides is 1. The van der Waals surface area contributed by atoms with Crippen molar-refractivity contribution < 1.29 is 9.21 Å². The predicted octanol–water partition coefficient (Wildman–Crippen LogP) is 4.57. The van der Waals surface area contributed by atoms with E-state index in [-0.39, 0.29) is 12.3 Å². The number of hydrogen-bond acceptors (Lipinski definition) is 5. The molecule has 0 aliphatic carbocycles. The fourth-order valence-corrected chi connectivity index (χ4v) is 4.04. The first kappa shape index (κ1) is 16.8. The zero-order valence-electron chi connectivity index (χ0n) is 14.5. The van der Waals surface area contributed by atoms with E-state index < -0.39 is 0 Å². The molecule has 1 N–H and O–H groups in total. The predicted molar refractivity (Wildman–Crippen MR) is 105 cm³/mol. The third-order valence-corrected chi connectivity index (χ3v) is 5.41. The van der Waals surface area contributed by atoms with Crippen LogP contribution in [0.15, 0.2) is 52.5 Å². The van der Waals surface area contributed by atoms with E-state index in [1.807, 2.05) is 35.7 Å². The summed E-state index contributed by atoms with van der Waals surface area (Å²) in [5, 5.41) is 5.77. The lowest BCUT2D eigenvalue weighted by Crippen LogP contribution is -2.30. The number of nitrogens with zero attached hydrogens (tertiary/aromatic N) is 2. The first-order chi connectivity index (χ1) is 12.8. The molecule has 0 atom stereocenters. The molecule has 6 heteroatoms. The summed E-state index contributed by atoms with van der Waals surface area (Å²) >= 11 is 1.49. The van der Waals surface area contributed by atoms with Crippen LogP contribution in [0.3, 0.4) is 0 Å². The lowest BCUT2D eigenvalue weighted by Gasteiger charge is -2.30. The zero-order valence-corrected chi connectivity index (χ0v) is 15.3. The summed E-state index contributed by atoms with van der Waals surface area (Å²) in [7, 11) is 0. The molecule has 1 amide bonds. The third kappa shape index (κ3) is 3.80. The zero-order chi connectivity index (χ0) is 17.8. The van der Waals surface area contributed by atoms with Crippen LogP contribution in [0.2, 0.25) is 0 Å². The molecule has 1 aliphatic heterocycles. The Balaban J connectivity index is 1.44. The molecule has 1 fully saturated rings. The summed E-state index contributed by atoms with van der Waals surface area (Å²) in [4.78, 5) is 19.4. The number of carbonyl (C=O) groups excluding carboxylic acids is 1. The molecule has 0 radical (unpaired) electrons. The lowest BCUT2D eigenvalue weighted by molar-refractivity contribution is -0.115. The number of nitrogens with one attached hydrogen (secondary N) is 1. The molecular weight excluding hydrogens is 346 g/mol. The van der Waals surface area contributed by atoms with Gasteiger partial charge in [0.2, 0.25) is 5.91 Å². The number of thiazole rings is 1. The number of hydrogen-bond donors (Lipinski definition) is 1.